The molecule has 1 fully saturated rings. The zero-order chi connectivity index (χ0) is 19.2. The van der Waals surface area contributed by atoms with E-state index in [9.17, 15) is 14.7 Å². The minimum atomic E-state index is -0.215. The lowest BCUT2D eigenvalue weighted by Gasteiger charge is -2.29. The van der Waals surface area contributed by atoms with Crippen molar-refractivity contribution in [3.8, 4) is 11.1 Å². The molecule has 1 aliphatic heterocycles. The molecule has 27 heavy (non-hydrogen) atoms. The Labute approximate surface area is 164 Å². The average Bonchev–Trinajstić information content (AvgIpc) is 3.15. The molecule has 0 saturated carbocycles. The Hall–Kier alpha value is -2.02. The summed E-state index contributed by atoms with van der Waals surface area (Å²) in [5, 5.41) is 14.6. The number of amides is 1. The summed E-state index contributed by atoms with van der Waals surface area (Å²) in [4.78, 5) is 27.2. The number of β-amino-alcohol motifs (C(OH)–C–C–N with tert-alkyl or cyclic N) is 1. The number of piperidine rings is 1. The first-order chi connectivity index (χ1) is 13.0. The molecule has 1 saturated heterocycles. The standard InChI is InChI=1S/C21H26N2O3S/c1-15(24)20-19(8-12-27-20)16-5-2-6-17(13-16)21(26)22-9-4-11-23-10-3-7-18(25)14-23/h2,5-6,8,12-13,18,25H,3-4,7,9-11,14H2,1H3,(H,22,26). The van der Waals surface area contributed by atoms with Crippen molar-refractivity contribution >= 4 is 23.0 Å². The van der Waals surface area contributed by atoms with Crippen LogP contribution in [0.5, 0.6) is 0 Å². The normalized spacial score (nSPS) is 17.6. The molecule has 1 aromatic heterocycles. The molecule has 3 rings (SSSR count). The van der Waals surface area contributed by atoms with Crippen molar-refractivity contribution in [1.82, 2.24) is 10.2 Å². The molecule has 1 amide bonds. The van der Waals surface area contributed by atoms with Gasteiger partial charge < -0.3 is 15.3 Å². The van der Waals surface area contributed by atoms with E-state index in [4.69, 9.17) is 0 Å². The topological polar surface area (TPSA) is 69.6 Å². The Morgan fingerprint density at radius 2 is 2.19 bits per heavy atom. The second kappa shape index (κ2) is 9.26. The van der Waals surface area contributed by atoms with Gasteiger partial charge in [0, 0.05) is 24.2 Å². The molecule has 0 radical (unpaired) electrons. The summed E-state index contributed by atoms with van der Waals surface area (Å²) in [5.41, 5.74) is 2.36. The lowest BCUT2D eigenvalue weighted by Crippen LogP contribution is -2.39. The van der Waals surface area contributed by atoms with Gasteiger partial charge in [0.15, 0.2) is 5.78 Å². The molecule has 1 aliphatic rings. The highest BCUT2D eigenvalue weighted by atomic mass is 32.1. The lowest BCUT2D eigenvalue weighted by atomic mass is 10.0. The van der Waals surface area contributed by atoms with Gasteiger partial charge in [0.1, 0.15) is 0 Å². The van der Waals surface area contributed by atoms with Crippen molar-refractivity contribution in [2.45, 2.75) is 32.3 Å². The van der Waals surface area contributed by atoms with E-state index in [-0.39, 0.29) is 17.8 Å². The average molecular weight is 387 g/mol. The van der Waals surface area contributed by atoms with Crippen LogP contribution in [0, 0.1) is 0 Å². The Kier molecular flexibility index (Phi) is 6.77. The second-order valence-electron chi connectivity index (χ2n) is 7.01. The minimum Gasteiger partial charge on any atom is -0.392 e. The number of nitrogens with zero attached hydrogens (tertiary/aromatic N) is 1. The van der Waals surface area contributed by atoms with Gasteiger partial charge in [-0.1, -0.05) is 12.1 Å². The molecule has 6 heteroatoms. The van der Waals surface area contributed by atoms with E-state index in [1.807, 2.05) is 29.6 Å². The number of rotatable bonds is 7. The van der Waals surface area contributed by atoms with Crippen LogP contribution in [-0.4, -0.2) is 54.0 Å². The zero-order valence-electron chi connectivity index (χ0n) is 15.6. The fourth-order valence-electron chi connectivity index (χ4n) is 3.48. The van der Waals surface area contributed by atoms with E-state index in [1.54, 1.807) is 13.0 Å². The van der Waals surface area contributed by atoms with Crippen LogP contribution in [0.1, 0.15) is 46.2 Å². The third-order valence-electron chi connectivity index (χ3n) is 4.84. The van der Waals surface area contributed by atoms with Gasteiger partial charge in [-0.15, -0.1) is 11.3 Å². The molecule has 1 aromatic carbocycles. The van der Waals surface area contributed by atoms with E-state index < -0.39 is 0 Å². The number of ketones is 1. The molecule has 0 aliphatic carbocycles. The number of aliphatic hydroxyl groups excluding tert-OH is 1. The summed E-state index contributed by atoms with van der Waals surface area (Å²) in [6.07, 6.45) is 2.56. The number of hydrogen-bond donors (Lipinski definition) is 2. The Bertz CT molecular complexity index is 802. The maximum atomic E-state index is 12.5. The third-order valence-corrected chi connectivity index (χ3v) is 5.85. The number of carbonyl (C=O) groups is 2. The van der Waals surface area contributed by atoms with Crippen LogP contribution in [0.3, 0.4) is 0 Å². The summed E-state index contributed by atoms with van der Waals surface area (Å²) >= 11 is 1.42. The number of hydrogen-bond acceptors (Lipinski definition) is 5. The number of Topliss-reactive ketones (excluding diaryl/α,β-unsaturated/α-hetero) is 1. The third kappa shape index (κ3) is 5.25. The number of nitrogens with one attached hydrogen (secondary N) is 1. The summed E-state index contributed by atoms with van der Waals surface area (Å²) in [6.45, 7) is 4.80. The Morgan fingerprint density at radius 3 is 2.96 bits per heavy atom. The highest BCUT2D eigenvalue weighted by Gasteiger charge is 2.17. The van der Waals surface area contributed by atoms with E-state index in [0.29, 0.717) is 12.1 Å². The Morgan fingerprint density at radius 1 is 1.33 bits per heavy atom. The quantitative estimate of drug-likeness (QED) is 0.566. The predicted molar refractivity (Wildman–Crippen MR) is 108 cm³/mol. The van der Waals surface area contributed by atoms with E-state index in [0.717, 1.165) is 54.9 Å². The summed E-state index contributed by atoms with van der Waals surface area (Å²) in [7, 11) is 0. The SMILES string of the molecule is CC(=O)c1sccc1-c1cccc(C(=O)NCCCN2CCCC(O)C2)c1. The number of aliphatic hydroxyl groups is 1. The Balaban J connectivity index is 1.54. The summed E-state index contributed by atoms with van der Waals surface area (Å²) in [6, 6.07) is 9.32. The molecule has 0 bridgehead atoms. The van der Waals surface area contributed by atoms with E-state index in [2.05, 4.69) is 10.2 Å². The molecule has 5 nitrogen and oxygen atoms in total. The molecule has 144 valence electrons. The number of benzene rings is 1. The van der Waals surface area contributed by atoms with Crippen molar-refractivity contribution in [1.29, 1.82) is 0 Å². The van der Waals surface area contributed by atoms with Crippen LogP contribution in [-0.2, 0) is 0 Å². The number of carbonyl (C=O) groups excluding carboxylic acids is 2. The molecule has 2 N–H and O–H groups in total. The zero-order valence-corrected chi connectivity index (χ0v) is 16.4. The first-order valence-corrected chi connectivity index (χ1v) is 10.3. The van der Waals surface area contributed by atoms with Gasteiger partial charge in [0.25, 0.3) is 5.91 Å². The van der Waals surface area contributed by atoms with Crippen molar-refractivity contribution in [2.75, 3.05) is 26.2 Å². The second-order valence-corrected chi connectivity index (χ2v) is 7.92. The molecule has 1 unspecified atom stereocenters. The van der Waals surface area contributed by atoms with Gasteiger partial charge in [-0.05, 0) is 68.4 Å². The van der Waals surface area contributed by atoms with Crippen molar-refractivity contribution in [3.63, 3.8) is 0 Å². The first kappa shape index (κ1) is 19.7. The van der Waals surface area contributed by atoms with Crippen molar-refractivity contribution < 1.29 is 14.7 Å². The smallest absolute Gasteiger partial charge is 0.251 e. The van der Waals surface area contributed by atoms with Crippen molar-refractivity contribution in [2.24, 2.45) is 0 Å². The predicted octanol–water partition coefficient (Wildman–Crippen LogP) is 3.19. The van der Waals surface area contributed by atoms with Gasteiger partial charge in [0.2, 0.25) is 0 Å². The van der Waals surface area contributed by atoms with Gasteiger partial charge in [-0.2, -0.15) is 0 Å². The maximum Gasteiger partial charge on any atom is 0.251 e. The molecule has 2 heterocycles. The molecule has 0 spiro atoms. The van der Waals surface area contributed by atoms with Crippen LogP contribution in [0.25, 0.3) is 11.1 Å². The van der Waals surface area contributed by atoms with E-state index >= 15 is 0 Å². The number of thiophene rings is 1. The van der Waals surface area contributed by atoms with Crippen LogP contribution < -0.4 is 5.32 Å². The van der Waals surface area contributed by atoms with Gasteiger partial charge in [0.05, 0.1) is 11.0 Å². The fraction of sp³-hybridized carbons (Fsp3) is 0.429. The first-order valence-electron chi connectivity index (χ1n) is 9.42. The van der Waals surface area contributed by atoms with Gasteiger partial charge >= 0.3 is 0 Å². The maximum absolute atomic E-state index is 12.5. The summed E-state index contributed by atoms with van der Waals surface area (Å²) < 4.78 is 0. The van der Waals surface area contributed by atoms with Crippen LogP contribution >= 0.6 is 11.3 Å². The highest BCUT2D eigenvalue weighted by molar-refractivity contribution is 7.12. The monoisotopic (exact) mass is 386 g/mol. The molecular weight excluding hydrogens is 360 g/mol. The van der Waals surface area contributed by atoms with Crippen LogP contribution in [0.15, 0.2) is 35.7 Å². The van der Waals surface area contributed by atoms with Crippen molar-refractivity contribution in [3.05, 3.63) is 46.2 Å². The van der Waals surface area contributed by atoms with E-state index in [1.165, 1.54) is 11.3 Å². The summed E-state index contributed by atoms with van der Waals surface area (Å²) in [5.74, 6) is -0.0622. The van der Waals surface area contributed by atoms with Gasteiger partial charge in [-0.25, -0.2) is 0 Å². The molecule has 1 atom stereocenters. The largest absolute Gasteiger partial charge is 0.392 e. The van der Waals surface area contributed by atoms with Gasteiger partial charge in [-0.3, -0.25) is 9.59 Å². The highest BCUT2D eigenvalue weighted by Crippen LogP contribution is 2.29. The molecule has 2 aromatic rings. The number of likely N-dealkylation sites (tertiary alicyclic amines) is 1. The van der Waals surface area contributed by atoms with Crippen LogP contribution in [0.4, 0.5) is 0 Å². The fourth-order valence-corrected chi connectivity index (χ4v) is 4.30. The van der Waals surface area contributed by atoms with Crippen LogP contribution in [0.2, 0.25) is 0 Å². The lowest BCUT2D eigenvalue weighted by molar-refractivity contribution is 0.0697. The minimum absolute atomic E-state index is 0.0395. The molecular formula is C21H26N2O3S.